The summed E-state index contributed by atoms with van der Waals surface area (Å²) in [6, 6.07) is 11.0. The molecule has 1 unspecified atom stereocenters. The summed E-state index contributed by atoms with van der Waals surface area (Å²) in [4.78, 5) is 12.2. The van der Waals surface area contributed by atoms with E-state index in [1.807, 2.05) is 43.3 Å². The molecule has 1 aliphatic rings. The smallest absolute Gasteiger partial charge is 0.251 e. The molecular weight excluding hydrogens is 280 g/mol. The van der Waals surface area contributed by atoms with E-state index in [4.69, 9.17) is 9.47 Å². The fraction of sp³-hybridized carbons (Fsp3) is 0.235. The third kappa shape index (κ3) is 2.45. The third-order valence-electron chi connectivity index (χ3n) is 3.73. The number of hydrogen-bond donors (Lipinski definition) is 2. The van der Waals surface area contributed by atoms with Crippen molar-refractivity contribution in [1.82, 2.24) is 0 Å². The van der Waals surface area contributed by atoms with Crippen LogP contribution in [0, 0.1) is 6.92 Å². The summed E-state index contributed by atoms with van der Waals surface area (Å²) in [5.41, 5.74) is 3.73. The maximum Gasteiger partial charge on any atom is 0.251 e. The van der Waals surface area contributed by atoms with Crippen molar-refractivity contribution in [2.45, 2.75) is 13.0 Å². The van der Waals surface area contributed by atoms with E-state index in [2.05, 4.69) is 10.6 Å². The minimum absolute atomic E-state index is 0.0598. The quantitative estimate of drug-likeness (QED) is 0.910. The third-order valence-corrected chi connectivity index (χ3v) is 3.73. The van der Waals surface area contributed by atoms with Crippen LogP contribution >= 0.6 is 0 Å². The maximum absolute atomic E-state index is 12.2. The number of carbonyl (C=O) groups is 1. The van der Waals surface area contributed by atoms with Crippen molar-refractivity contribution in [2.75, 3.05) is 24.9 Å². The molecule has 0 aromatic heterocycles. The van der Waals surface area contributed by atoms with E-state index in [0.717, 1.165) is 22.5 Å². The van der Waals surface area contributed by atoms with Crippen LogP contribution in [0.1, 0.15) is 17.2 Å². The van der Waals surface area contributed by atoms with Crippen LogP contribution < -0.4 is 20.1 Å². The van der Waals surface area contributed by atoms with E-state index in [9.17, 15) is 4.79 Å². The number of aryl methyl sites for hydroxylation is 1. The number of benzene rings is 2. The number of hydrogen-bond acceptors (Lipinski definition) is 4. The van der Waals surface area contributed by atoms with Crippen molar-refractivity contribution in [3.63, 3.8) is 0 Å². The number of methoxy groups -OCH3 is 2. The second-order valence-corrected chi connectivity index (χ2v) is 5.23. The highest BCUT2D eigenvalue weighted by Gasteiger charge is 2.30. The number of carbonyl (C=O) groups excluding carboxylic acids is 1. The maximum atomic E-state index is 12.2. The SMILES string of the molecule is COc1ccc(NC2C(=O)Nc3ccc(C)cc32)cc1OC. The van der Waals surface area contributed by atoms with E-state index in [1.165, 1.54) is 0 Å². The first-order valence-corrected chi connectivity index (χ1v) is 7.02. The second-order valence-electron chi connectivity index (χ2n) is 5.23. The molecule has 0 radical (unpaired) electrons. The van der Waals surface area contributed by atoms with Gasteiger partial charge in [-0.3, -0.25) is 4.79 Å². The minimum atomic E-state index is -0.409. The van der Waals surface area contributed by atoms with E-state index in [0.29, 0.717) is 11.5 Å². The number of amides is 1. The molecule has 5 heteroatoms. The van der Waals surface area contributed by atoms with Gasteiger partial charge in [-0.1, -0.05) is 17.7 Å². The van der Waals surface area contributed by atoms with Gasteiger partial charge in [-0.15, -0.1) is 0 Å². The summed E-state index contributed by atoms with van der Waals surface area (Å²) in [5, 5.41) is 6.14. The lowest BCUT2D eigenvalue weighted by Gasteiger charge is -2.15. The molecule has 2 N–H and O–H groups in total. The monoisotopic (exact) mass is 298 g/mol. The van der Waals surface area contributed by atoms with Crippen molar-refractivity contribution in [3.05, 3.63) is 47.5 Å². The Labute approximate surface area is 129 Å². The fourth-order valence-corrected chi connectivity index (χ4v) is 2.62. The molecule has 1 atom stereocenters. The lowest BCUT2D eigenvalue weighted by molar-refractivity contribution is -0.116. The molecule has 0 spiro atoms. The Balaban J connectivity index is 1.91. The highest BCUT2D eigenvalue weighted by molar-refractivity contribution is 6.04. The van der Waals surface area contributed by atoms with Gasteiger partial charge in [0.25, 0.3) is 5.91 Å². The summed E-state index contributed by atoms with van der Waals surface area (Å²) in [7, 11) is 3.18. The average molecular weight is 298 g/mol. The van der Waals surface area contributed by atoms with Gasteiger partial charge in [-0.2, -0.15) is 0 Å². The molecule has 0 aliphatic carbocycles. The number of rotatable bonds is 4. The molecule has 3 rings (SSSR count). The first-order chi connectivity index (χ1) is 10.6. The molecule has 1 heterocycles. The first kappa shape index (κ1) is 14.3. The van der Waals surface area contributed by atoms with Gasteiger partial charge < -0.3 is 20.1 Å². The molecule has 0 bridgehead atoms. The van der Waals surface area contributed by atoms with Crippen LogP contribution in [0.25, 0.3) is 0 Å². The van der Waals surface area contributed by atoms with E-state index < -0.39 is 6.04 Å². The Morgan fingerprint density at radius 2 is 1.82 bits per heavy atom. The highest BCUT2D eigenvalue weighted by Crippen LogP contribution is 2.36. The van der Waals surface area contributed by atoms with Gasteiger partial charge in [0.05, 0.1) is 14.2 Å². The largest absolute Gasteiger partial charge is 0.493 e. The predicted octanol–water partition coefficient (Wildman–Crippen LogP) is 3.12. The molecular formula is C17H18N2O3. The molecule has 1 aliphatic heterocycles. The van der Waals surface area contributed by atoms with Crippen LogP contribution in [0.4, 0.5) is 11.4 Å². The predicted molar refractivity (Wildman–Crippen MR) is 85.7 cm³/mol. The van der Waals surface area contributed by atoms with Gasteiger partial charge in [0.2, 0.25) is 0 Å². The van der Waals surface area contributed by atoms with Crippen LogP contribution in [0.3, 0.4) is 0 Å². The highest BCUT2D eigenvalue weighted by atomic mass is 16.5. The molecule has 0 fully saturated rings. The lowest BCUT2D eigenvalue weighted by atomic mass is 10.1. The van der Waals surface area contributed by atoms with E-state index in [1.54, 1.807) is 14.2 Å². The van der Waals surface area contributed by atoms with Gasteiger partial charge in [0, 0.05) is 23.0 Å². The summed E-state index contributed by atoms with van der Waals surface area (Å²) in [6.45, 7) is 2.01. The van der Waals surface area contributed by atoms with Gasteiger partial charge >= 0.3 is 0 Å². The standard InChI is InChI=1S/C17H18N2O3/c1-10-4-6-13-12(8-10)16(17(20)19-13)18-11-5-7-14(21-2)15(9-11)22-3/h4-9,16,18H,1-3H3,(H,19,20). The molecule has 2 aromatic carbocycles. The summed E-state index contributed by atoms with van der Waals surface area (Å²) < 4.78 is 10.5. The summed E-state index contributed by atoms with van der Waals surface area (Å²) >= 11 is 0. The molecule has 0 saturated heterocycles. The van der Waals surface area contributed by atoms with Crippen LogP contribution in [-0.2, 0) is 4.79 Å². The molecule has 0 saturated carbocycles. The van der Waals surface area contributed by atoms with E-state index in [-0.39, 0.29) is 5.91 Å². The Morgan fingerprint density at radius 1 is 1.05 bits per heavy atom. The first-order valence-electron chi connectivity index (χ1n) is 7.02. The molecule has 2 aromatic rings. The molecule has 22 heavy (non-hydrogen) atoms. The van der Waals surface area contributed by atoms with Crippen LogP contribution in [0.5, 0.6) is 11.5 Å². The van der Waals surface area contributed by atoms with Crippen molar-refractivity contribution >= 4 is 17.3 Å². The Hall–Kier alpha value is -2.69. The zero-order chi connectivity index (χ0) is 15.7. The minimum Gasteiger partial charge on any atom is -0.493 e. The number of fused-ring (bicyclic) bond motifs is 1. The van der Waals surface area contributed by atoms with Gasteiger partial charge in [-0.25, -0.2) is 0 Å². The lowest BCUT2D eigenvalue weighted by Crippen LogP contribution is -2.19. The van der Waals surface area contributed by atoms with E-state index >= 15 is 0 Å². The van der Waals surface area contributed by atoms with Crippen molar-refractivity contribution < 1.29 is 14.3 Å². The van der Waals surface area contributed by atoms with Crippen LogP contribution in [-0.4, -0.2) is 20.1 Å². The number of nitrogens with one attached hydrogen (secondary N) is 2. The molecule has 5 nitrogen and oxygen atoms in total. The molecule has 1 amide bonds. The van der Waals surface area contributed by atoms with Gasteiger partial charge in [0.1, 0.15) is 6.04 Å². The topological polar surface area (TPSA) is 59.6 Å². The Kier molecular flexibility index (Phi) is 3.63. The summed E-state index contributed by atoms with van der Waals surface area (Å²) in [5.74, 6) is 1.21. The average Bonchev–Trinajstić information content (AvgIpc) is 2.83. The van der Waals surface area contributed by atoms with Crippen LogP contribution in [0.15, 0.2) is 36.4 Å². The fourth-order valence-electron chi connectivity index (χ4n) is 2.62. The Morgan fingerprint density at radius 3 is 2.55 bits per heavy atom. The molecule has 114 valence electrons. The van der Waals surface area contributed by atoms with Crippen molar-refractivity contribution in [1.29, 1.82) is 0 Å². The van der Waals surface area contributed by atoms with Gasteiger partial charge in [0.15, 0.2) is 11.5 Å². The summed E-state index contributed by atoms with van der Waals surface area (Å²) in [6.07, 6.45) is 0. The van der Waals surface area contributed by atoms with Crippen molar-refractivity contribution in [3.8, 4) is 11.5 Å². The van der Waals surface area contributed by atoms with Crippen molar-refractivity contribution in [2.24, 2.45) is 0 Å². The Bertz CT molecular complexity index is 728. The number of ether oxygens (including phenoxy) is 2. The zero-order valence-electron chi connectivity index (χ0n) is 12.8. The second kappa shape index (κ2) is 5.60. The number of anilines is 2. The zero-order valence-corrected chi connectivity index (χ0v) is 12.8. The normalized spacial score (nSPS) is 16.0. The van der Waals surface area contributed by atoms with Crippen LogP contribution in [0.2, 0.25) is 0 Å². The van der Waals surface area contributed by atoms with Gasteiger partial charge in [-0.05, 0) is 25.1 Å².